The van der Waals surface area contributed by atoms with Gasteiger partial charge in [-0.2, -0.15) is 5.10 Å². The third kappa shape index (κ3) is 2.43. The maximum absolute atomic E-state index is 6.48. The molecule has 2 aliphatic heterocycles. The van der Waals surface area contributed by atoms with Gasteiger partial charge in [-0.05, 0) is 49.6 Å². The highest BCUT2D eigenvalue weighted by Crippen LogP contribution is 2.50. The van der Waals surface area contributed by atoms with Crippen LogP contribution >= 0.6 is 0 Å². The molecule has 3 aromatic rings. The van der Waals surface area contributed by atoms with Crippen LogP contribution in [0.3, 0.4) is 0 Å². The molecule has 1 aromatic heterocycles. The van der Waals surface area contributed by atoms with Crippen molar-refractivity contribution in [2.75, 3.05) is 5.32 Å². The van der Waals surface area contributed by atoms with Crippen LogP contribution < -0.4 is 14.8 Å². The van der Waals surface area contributed by atoms with Crippen molar-refractivity contribution in [2.24, 2.45) is 0 Å². The lowest BCUT2D eigenvalue weighted by molar-refractivity contribution is 0.153. The van der Waals surface area contributed by atoms with Crippen LogP contribution in [0.1, 0.15) is 43.5 Å². The number of aryl methyl sites for hydroxylation is 1. The normalized spacial score (nSPS) is 19.5. The van der Waals surface area contributed by atoms with Gasteiger partial charge < -0.3 is 14.8 Å². The van der Waals surface area contributed by atoms with Crippen LogP contribution in [-0.4, -0.2) is 9.78 Å². The molecule has 5 nitrogen and oxygen atoms in total. The number of aromatic nitrogens is 2. The van der Waals surface area contributed by atoms with E-state index in [9.17, 15) is 0 Å². The molecule has 3 heterocycles. The van der Waals surface area contributed by atoms with Crippen molar-refractivity contribution in [3.63, 3.8) is 0 Å². The van der Waals surface area contributed by atoms with Crippen LogP contribution in [0.25, 0.3) is 5.69 Å². The molecule has 0 fully saturated rings. The van der Waals surface area contributed by atoms with Crippen LogP contribution in [-0.2, 0) is 5.72 Å². The van der Waals surface area contributed by atoms with E-state index in [1.165, 1.54) is 5.56 Å². The van der Waals surface area contributed by atoms with E-state index in [0.29, 0.717) is 11.8 Å². The Balaban J connectivity index is 1.65. The number of hydrogen-bond acceptors (Lipinski definition) is 4. The molecule has 2 aromatic carbocycles. The number of allylic oxidation sites excluding steroid dienone is 1. The van der Waals surface area contributed by atoms with Crippen molar-refractivity contribution in [1.82, 2.24) is 9.78 Å². The van der Waals surface area contributed by atoms with E-state index in [2.05, 4.69) is 31.3 Å². The molecule has 0 radical (unpaired) electrons. The van der Waals surface area contributed by atoms with Gasteiger partial charge in [0.15, 0.2) is 0 Å². The zero-order valence-corrected chi connectivity index (χ0v) is 16.5. The van der Waals surface area contributed by atoms with Crippen molar-refractivity contribution >= 4 is 5.69 Å². The van der Waals surface area contributed by atoms with Crippen molar-refractivity contribution in [1.29, 1.82) is 0 Å². The van der Waals surface area contributed by atoms with Crippen LogP contribution in [0.4, 0.5) is 5.69 Å². The Morgan fingerprint density at radius 2 is 1.86 bits per heavy atom. The molecule has 1 N–H and O–H groups in total. The molecule has 0 bridgehead atoms. The van der Waals surface area contributed by atoms with Crippen molar-refractivity contribution in [2.45, 2.75) is 39.3 Å². The third-order valence-electron chi connectivity index (χ3n) is 5.32. The highest BCUT2D eigenvalue weighted by atomic mass is 16.5. The Kier molecular flexibility index (Phi) is 3.56. The third-order valence-corrected chi connectivity index (χ3v) is 5.32. The fraction of sp³-hybridized carbons (Fsp3) is 0.261. The predicted molar refractivity (Wildman–Crippen MR) is 109 cm³/mol. The van der Waals surface area contributed by atoms with Crippen molar-refractivity contribution < 1.29 is 9.47 Å². The lowest BCUT2D eigenvalue weighted by Gasteiger charge is -2.31. The lowest BCUT2D eigenvalue weighted by Crippen LogP contribution is -2.38. The number of anilines is 1. The van der Waals surface area contributed by atoms with Gasteiger partial charge >= 0.3 is 0 Å². The molecular weight excluding hydrogens is 350 g/mol. The first-order valence-corrected chi connectivity index (χ1v) is 9.61. The summed E-state index contributed by atoms with van der Waals surface area (Å²) in [6.45, 7) is 8.32. The summed E-state index contributed by atoms with van der Waals surface area (Å²) in [4.78, 5) is 0. The summed E-state index contributed by atoms with van der Waals surface area (Å²) in [5.41, 5.74) is 4.18. The minimum absolute atomic E-state index is 0.453. The highest BCUT2D eigenvalue weighted by Gasteiger charge is 2.47. The number of fused-ring (bicyclic) bond motifs is 3. The molecule has 2 aliphatic rings. The average molecular weight is 373 g/mol. The van der Waals surface area contributed by atoms with Gasteiger partial charge in [0.1, 0.15) is 17.1 Å². The first-order valence-electron chi connectivity index (χ1n) is 9.61. The first-order chi connectivity index (χ1) is 13.5. The summed E-state index contributed by atoms with van der Waals surface area (Å²) < 4.78 is 14.4. The van der Waals surface area contributed by atoms with Gasteiger partial charge in [0.25, 0.3) is 0 Å². The number of ether oxygens (including phenoxy) is 2. The lowest BCUT2D eigenvalue weighted by atomic mass is 10.00. The number of hydrogen-bond donors (Lipinski definition) is 1. The number of nitrogens with zero attached hydrogens (tertiary/aromatic N) is 2. The topological polar surface area (TPSA) is 48.3 Å². The Bertz CT molecular complexity index is 1100. The van der Waals surface area contributed by atoms with Crippen LogP contribution in [0, 0.1) is 6.92 Å². The van der Waals surface area contributed by atoms with Gasteiger partial charge in [-0.3, -0.25) is 0 Å². The van der Waals surface area contributed by atoms with Crippen LogP contribution in [0.2, 0.25) is 0 Å². The number of benzene rings is 2. The van der Waals surface area contributed by atoms with Crippen LogP contribution in [0.15, 0.2) is 60.4 Å². The summed E-state index contributed by atoms with van der Waals surface area (Å²) >= 11 is 0. The molecule has 0 saturated carbocycles. The second-order valence-electron chi connectivity index (χ2n) is 7.74. The maximum Gasteiger partial charge on any atom is 0.237 e. The standard InChI is InChI=1S/C23H23N3O2/c1-14(2)17-10-11-20-19(12-17)24-23(28-20)13-15(3)27-22-21(23)16(4)25-26(22)18-8-6-5-7-9-18/h5-14,24H,1-4H3. The number of para-hydroxylation sites is 1. The first kappa shape index (κ1) is 16.9. The largest absolute Gasteiger partial charge is 0.458 e. The summed E-state index contributed by atoms with van der Waals surface area (Å²) in [5, 5.41) is 8.37. The zero-order chi connectivity index (χ0) is 19.5. The second kappa shape index (κ2) is 5.89. The fourth-order valence-corrected chi connectivity index (χ4v) is 3.98. The molecule has 1 spiro atoms. The molecule has 28 heavy (non-hydrogen) atoms. The van der Waals surface area contributed by atoms with Crippen molar-refractivity contribution in [3.8, 4) is 17.3 Å². The van der Waals surface area contributed by atoms with Gasteiger partial charge in [0.2, 0.25) is 11.6 Å². The van der Waals surface area contributed by atoms with E-state index in [4.69, 9.17) is 14.6 Å². The molecule has 0 amide bonds. The summed E-state index contributed by atoms with van der Waals surface area (Å²) in [5.74, 6) is 2.75. The van der Waals surface area contributed by atoms with Gasteiger partial charge in [-0.1, -0.05) is 38.1 Å². The van der Waals surface area contributed by atoms with Gasteiger partial charge in [-0.25, -0.2) is 4.68 Å². The van der Waals surface area contributed by atoms with Gasteiger partial charge in [0.05, 0.1) is 17.1 Å². The Morgan fingerprint density at radius 1 is 1.07 bits per heavy atom. The molecule has 1 unspecified atom stereocenters. The minimum Gasteiger partial charge on any atom is -0.458 e. The monoisotopic (exact) mass is 373 g/mol. The van der Waals surface area contributed by atoms with Gasteiger partial charge in [-0.15, -0.1) is 0 Å². The smallest absolute Gasteiger partial charge is 0.237 e. The van der Waals surface area contributed by atoms with Crippen LogP contribution in [0.5, 0.6) is 11.6 Å². The average Bonchev–Trinajstić information content (AvgIpc) is 3.19. The zero-order valence-electron chi connectivity index (χ0n) is 16.5. The van der Waals surface area contributed by atoms with E-state index in [0.717, 1.165) is 34.1 Å². The van der Waals surface area contributed by atoms with E-state index in [1.54, 1.807) is 0 Å². The number of rotatable bonds is 2. The SMILES string of the molecule is CC1=CC2(Nc3cc(C(C)C)ccc3O2)c2c(C)nn(-c3ccccc3)c2O1. The molecule has 5 rings (SSSR count). The molecule has 5 heteroatoms. The summed E-state index contributed by atoms with van der Waals surface area (Å²) in [6.07, 6.45) is 1.99. The Hall–Kier alpha value is -3.21. The Morgan fingerprint density at radius 3 is 2.61 bits per heavy atom. The Labute approximate surface area is 164 Å². The van der Waals surface area contributed by atoms with Gasteiger partial charge in [0, 0.05) is 6.08 Å². The molecular formula is C23H23N3O2. The molecule has 0 saturated heterocycles. The van der Waals surface area contributed by atoms with E-state index < -0.39 is 5.72 Å². The number of nitrogens with one attached hydrogen (secondary N) is 1. The molecule has 142 valence electrons. The quantitative estimate of drug-likeness (QED) is 0.666. The molecule has 1 atom stereocenters. The fourth-order valence-electron chi connectivity index (χ4n) is 3.98. The minimum atomic E-state index is -0.813. The highest BCUT2D eigenvalue weighted by molar-refractivity contribution is 5.67. The molecule has 0 aliphatic carbocycles. The van der Waals surface area contributed by atoms with E-state index in [-0.39, 0.29) is 0 Å². The van der Waals surface area contributed by atoms with E-state index >= 15 is 0 Å². The van der Waals surface area contributed by atoms with Crippen molar-refractivity contribution in [3.05, 3.63) is 77.2 Å². The second-order valence-corrected chi connectivity index (χ2v) is 7.74. The van der Waals surface area contributed by atoms with E-state index in [1.807, 2.05) is 61.0 Å². The summed E-state index contributed by atoms with van der Waals surface area (Å²) in [6, 6.07) is 16.4. The summed E-state index contributed by atoms with van der Waals surface area (Å²) in [7, 11) is 0. The predicted octanol–water partition coefficient (Wildman–Crippen LogP) is 5.26. The maximum atomic E-state index is 6.48.